The largest absolute Gasteiger partial charge is 0.454 e. The fourth-order valence-electron chi connectivity index (χ4n) is 3.63. The third-order valence-electron chi connectivity index (χ3n) is 5.36. The number of hydrogen-bond donors (Lipinski definition) is 1. The van der Waals surface area contributed by atoms with Gasteiger partial charge in [-0.2, -0.15) is 5.10 Å². The standard InChI is InChI=1S/C22H19BrClN5O3S2/c1-12-11-33-20(19(12)23)22(31)28-5-4-15-17(10-28)34-18(27-15)7-25-21(30)16-3-2-14(32-16)9-29-8-13(24)6-26-29/h2-3,6,8,11H,4-5,7,9-10H2,1H3,(H,25,30). The van der Waals surface area contributed by atoms with Crippen molar-refractivity contribution in [3.63, 3.8) is 0 Å². The first-order valence-electron chi connectivity index (χ1n) is 10.4. The summed E-state index contributed by atoms with van der Waals surface area (Å²) < 4.78 is 8.15. The fourth-order valence-corrected chi connectivity index (χ4v) is 6.48. The van der Waals surface area contributed by atoms with E-state index in [-0.39, 0.29) is 17.6 Å². The van der Waals surface area contributed by atoms with Crippen molar-refractivity contribution in [2.45, 2.75) is 33.0 Å². The van der Waals surface area contributed by atoms with Gasteiger partial charge in [0.2, 0.25) is 0 Å². The van der Waals surface area contributed by atoms with Gasteiger partial charge in [0.25, 0.3) is 11.8 Å². The van der Waals surface area contributed by atoms with Crippen LogP contribution in [0.1, 0.15) is 47.1 Å². The Kier molecular flexibility index (Phi) is 6.61. The van der Waals surface area contributed by atoms with Crippen molar-refractivity contribution in [2.24, 2.45) is 0 Å². The van der Waals surface area contributed by atoms with Gasteiger partial charge >= 0.3 is 0 Å². The number of nitrogens with one attached hydrogen (secondary N) is 1. The Morgan fingerprint density at radius 1 is 1.35 bits per heavy atom. The third-order valence-corrected chi connectivity index (χ3v) is 9.01. The van der Waals surface area contributed by atoms with E-state index in [9.17, 15) is 9.59 Å². The molecule has 0 saturated heterocycles. The molecule has 0 bridgehead atoms. The summed E-state index contributed by atoms with van der Waals surface area (Å²) in [6, 6.07) is 3.38. The molecule has 0 saturated carbocycles. The van der Waals surface area contributed by atoms with Gasteiger partial charge in [-0.3, -0.25) is 14.3 Å². The molecule has 0 radical (unpaired) electrons. The van der Waals surface area contributed by atoms with Crippen molar-refractivity contribution in [3.8, 4) is 0 Å². The van der Waals surface area contributed by atoms with E-state index in [4.69, 9.17) is 16.0 Å². The molecule has 1 aliphatic heterocycles. The van der Waals surface area contributed by atoms with Gasteiger partial charge in [-0.15, -0.1) is 22.7 Å². The summed E-state index contributed by atoms with van der Waals surface area (Å²) in [5.74, 6) is 0.549. The summed E-state index contributed by atoms with van der Waals surface area (Å²) in [5.41, 5.74) is 2.06. The maximum Gasteiger partial charge on any atom is 0.287 e. The van der Waals surface area contributed by atoms with Gasteiger partial charge in [0, 0.05) is 28.5 Å². The van der Waals surface area contributed by atoms with Gasteiger partial charge in [0.15, 0.2) is 5.76 Å². The second kappa shape index (κ2) is 9.65. The number of halogens is 2. The molecule has 5 rings (SSSR count). The minimum atomic E-state index is -0.312. The Morgan fingerprint density at radius 3 is 2.94 bits per heavy atom. The van der Waals surface area contributed by atoms with Crippen molar-refractivity contribution in [1.82, 2.24) is 25.0 Å². The number of carbonyl (C=O) groups excluding carboxylic acids is 2. The second-order valence-corrected chi connectivity index (χ2v) is 11.1. The van der Waals surface area contributed by atoms with Crippen molar-refractivity contribution in [1.29, 1.82) is 0 Å². The highest BCUT2D eigenvalue weighted by Gasteiger charge is 2.27. The number of aromatic nitrogens is 3. The van der Waals surface area contributed by atoms with E-state index < -0.39 is 0 Å². The molecule has 176 valence electrons. The molecule has 0 aliphatic carbocycles. The number of fused-ring (bicyclic) bond motifs is 1. The van der Waals surface area contributed by atoms with Crippen LogP contribution in [0.2, 0.25) is 5.02 Å². The molecule has 4 aromatic rings. The highest BCUT2D eigenvalue weighted by molar-refractivity contribution is 9.10. The van der Waals surface area contributed by atoms with Gasteiger partial charge in [0.05, 0.1) is 36.5 Å². The lowest BCUT2D eigenvalue weighted by molar-refractivity contribution is 0.0740. The molecule has 5 heterocycles. The van der Waals surface area contributed by atoms with Gasteiger partial charge in [-0.05, 0) is 45.9 Å². The van der Waals surface area contributed by atoms with Crippen LogP contribution in [0.15, 0.2) is 38.8 Å². The monoisotopic (exact) mass is 579 g/mol. The molecule has 34 heavy (non-hydrogen) atoms. The van der Waals surface area contributed by atoms with Gasteiger partial charge in [-0.1, -0.05) is 11.6 Å². The lowest BCUT2D eigenvalue weighted by Crippen LogP contribution is -2.35. The Bertz CT molecular complexity index is 1370. The molecule has 0 unspecified atom stereocenters. The molecular formula is C22H19BrClN5O3S2. The van der Waals surface area contributed by atoms with Crippen molar-refractivity contribution >= 4 is 62.0 Å². The van der Waals surface area contributed by atoms with E-state index >= 15 is 0 Å². The number of thiophene rings is 1. The van der Waals surface area contributed by atoms with E-state index in [1.165, 1.54) is 22.7 Å². The zero-order valence-corrected chi connectivity index (χ0v) is 22.0. The fraction of sp³-hybridized carbons (Fsp3) is 0.273. The molecule has 0 atom stereocenters. The van der Waals surface area contributed by atoms with Gasteiger partial charge in [-0.25, -0.2) is 4.98 Å². The lowest BCUT2D eigenvalue weighted by Gasteiger charge is -2.25. The van der Waals surface area contributed by atoms with Crippen LogP contribution in [0.25, 0.3) is 0 Å². The number of hydrogen-bond acceptors (Lipinski definition) is 7. The predicted octanol–water partition coefficient (Wildman–Crippen LogP) is 4.90. The zero-order valence-electron chi connectivity index (χ0n) is 18.0. The highest BCUT2D eigenvalue weighted by Crippen LogP contribution is 2.31. The molecular weight excluding hydrogens is 562 g/mol. The summed E-state index contributed by atoms with van der Waals surface area (Å²) in [6.07, 6.45) is 3.93. The van der Waals surface area contributed by atoms with Crippen LogP contribution in [0, 0.1) is 6.92 Å². The summed E-state index contributed by atoms with van der Waals surface area (Å²) in [6.45, 7) is 3.82. The van der Waals surface area contributed by atoms with E-state index in [0.717, 1.165) is 30.5 Å². The SMILES string of the molecule is Cc1csc(C(=O)N2CCc3nc(CNC(=O)c4ccc(Cn5cc(Cl)cn5)o4)sc3C2)c1Br. The summed E-state index contributed by atoms with van der Waals surface area (Å²) in [7, 11) is 0. The average molecular weight is 581 g/mol. The maximum atomic E-state index is 13.0. The minimum Gasteiger partial charge on any atom is -0.454 e. The summed E-state index contributed by atoms with van der Waals surface area (Å²) in [4.78, 5) is 33.8. The van der Waals surface area contributed by atoms with Crippen molar-refractivity contribution in [3.05, 3.63) is 76.9 Å². The van der Waals surface area contributed by atoms with Crippen LogP contribution in [-0.4, -0.2) is 38.0 Å². The summed E-state index contributed by atoms with van der Waals surface area (Å²) in [5, 5.41) is 10.3. The van der Waals surface area contributed by atoms with Crippen LogP contribution < -0.4 is 5.32 Å². The Hall–Kier alpha value is -2.47. The number of thiazole rings is 1. The molecule has 8 nitrogen and oxygen atoms in total. The van der Waals surface area contributed by atoms with Crippen LogP contribution in [-0.2, 0) is 26.1 Å². The van der Waals surface area contributed by atoms with Crippen molar-refractivity contribution < 1.29 is 14.0 Å². The first-order chi connectivity index (χ1) is 16.4. The Morgan fingerprint density at radius 2 is 2.21 bits per heavy atom. The first-order valence-corrected chi connectivity index (χ1v) is 13.3. The molecule has 0 aromatic carbocycles. The maximum absolute atomic E-state index is 13.0. The Labute approximate surface area is 216 Å². The van der Waals surface area contributed by atoms with Gasteiger partial charge in [0.1, 0.15) is 15.6 Å². The van der Waals surface area contributed by atoms with Crippen LogP contribution in [0.5, 0.6) is 0 Å². The number of nitrogens with zero attached hydrogens (tertiary/aromatic N) is 4. The molecule has 0 fully saturated rings. The Balaban J connectivity index is 1.18. The molecule has 12 heteroatoms. The van der Waals surface area contributed by atoms with E-state index in [1.807, 2.05) is 17.2 Å². The van der Waals surface area contributed by atoms with Crippen LogP contribution >= 0.6 is 50.2 Å². The number of furan rings is 1. The zero-order chi connectivity index (χ0) is 23.8. The topological polar surface area (TPSA) is 93.3 Å². The molecule has 1 aliphatic rings. The number of rotatable bonds is 6. The van der Waals surface area contributed by atoms with Crippen molar-refractivity contribution in [2.75, 3.05) is 6.54 Å². The minimum absolute atomic E-state index is 0.0323. The van der Waals surface area contributed by atoms with Gasteiger partial charge < -0.3 is 14.6 Å². The average Bonchev–Trinajstić information content (AvgIpc) is 3.60. The van der Waals surface area contributed by atoms with Crippen LogP contribution in [0.3, 0.4) is 0 Å². The number of amides is 2. The first kappa shape index (κ1) is 23.3. The lowest BCUT2D eigenvalue weighted by atomic mass is 10.1. The molecule has 0 spiro atoms. The molecule has 1 N–H and O–H groups in total. The molecule has 4 aromatic heterocycles. The van der Waals surface area contributed by atoms with E-state index in [0.29, 0.717) is 43.4 Å². The summed E-state index contributed by atoms with van der Waals surface area (Å²) >= 11 is 12.4. The van der Waals surface area contributed by atoms with E-state index in [2.05, 4.69) is 31.3 Å². The molecule has 2 amide bonds. The second-order valence-electron chi connectivity index (χ2n) is 7.82. The quantitative estimate of drug-likeness (QED) is 0.350. The number of aryl methyl sites for hydroxylation is 1. The van der Waals surface area contributed by atoms with Crippen LogP contribution in [0.4, 0.5) is 0 Å². The predicted molar refractivity (Wildman–Crippen MR) is 134 cm³/mol. The van der Waals surface area contributed by atoms with E-state index in [1.54, 1.807) is 29.2 Å². The normalized spacial score (nSPS) is 13.2. The number of carbonyl (C=O) groups is 2. The smallest absolute Gasteiger partial charge is 0.287 e. The third kappa shape index (κ3) is 4.83. The highest BCUT2D eigenvalue weighted by atomic mass is 79.9.